The molecule has 1 saturated heterocycles. The van der Waals surface area contributed by atoms with Crippen LogP contribution in [0.5, 0.6) is 0 Å². The number of rotatable bonds is 6. The van der Waals surface area contributed by atoms with Gasteiger partial charge in [-0.25, -0.2) is 0 Å². The molecule has 3 nitrogen and oxygen atoms in total. The number of hydrogen-bond acceptors (Lipinski definition) is 2. The minimum atomic E-state index is -0.651. The summed E-state index contributed by atoms with van der Waals surface area (Å²) in [5, 5.41) is 8.89. The lowest BCUT2D eigenvalue weighted by atomic mass is 10.0. The second-order valence-corrected chi connectivity index (χ2v) is 4.49. The Labute approximate surface area is 92.5 Å². The molecule has 88 valence electrons. The molecule has 0 aliphatic carbocycles. The van der Waals surface area contributed by atoms with E-state index in [1.165, 1.54) is 19.3 Å². The van der Waals surface area contributed by atoms with E-state index in [1.807, 2.05) is 0 Å². The molecule has 1 atom stereocenters. The number of carbonyl (C=O) groups is 1. The minimum absolute atomic E-state index is 0.280. The van der Waals surface area contributed by atoms with Crippen LogP contribution in [0.1, 0.15) is 51.9 Å². The van der Waals surface area contributed by atoms with E-state index in [0.717, 1.165) is 32.4 Å². The Balaban J connectivity index is 2.41. The first-order valence-electron chi connectivity index (χ1n) is 6.20. The zero-order valence-electron chi connectivity index (χ0n) is 9.74. The number of carboxylic acid groups (broad SMARTS) is 1. The Hall–Kier alpha value is -0.570. The highest BCUT2D eigenvalue weighted by Gasteiger charge is 2.22. The van der Waals surface area contributed by atoms with Crippen molar-refractivity contribution in [2.24, 2.45) is 0 Å². The summed E-state index contributed by atoms with van der Waals surface area (Å²) >= 11 is 0. The molecule has 0 spiro atoms. The molecule has 0 aromatic rings. The number of likely N-dealkylation sites (tertiary alicyclic amines) is 1. The van der Waals surface area contributed by atoms with Crippen molar-refractivity contribution >= 4 is 5.97 Å². The number of nitrogens with zero attached hydrogens (tertiary/aromatic N) is 1. The highest BCUT2D eigenvalue weighted by molar-refractivity contribution is 5.67. The summed E-state index contributed by atoms with van der Waals surface area (Å²) in [6.45, 7) is 4.36. The van der Waals surface area contributed by atoms with E-state index >= 15 is 0 Å². The van der Waals surface area contributed by atoms with Crippen LogP contribution in [0.4, 0.5) is 0 Å². The molecular formula is C12H23NO2. The van der Waals surface area contributed by atoms with Gasteiger partial charge in [-0.2, -0.15) is 0 Å². The number of aliphatic carboxylic acids is 1. The average molecular weight is 213 g/mol. The number of piperidine rings is 1. The van der Waals surface area contributed by atoms with Crippen molar-refractivity contribution in [1.29, 1.82) is 0 Å². The van der Waals surface area contributed by atoms with Crippen LogP contribution in [0, 0.1) is 0 Å². The van der Waals surface area contributed by atoms with Crippen molar-refractivity contribution in [3.05, 3.63) is 0 Å². The van der Waals surface area contributed by atoms with Gasteiger partial charge in [0.2, 0.25) is 0 Å². The smallest absolute Gasteiger partial charge is 0.304 e. The van der Waals surface area contributed by atoms with Crippen LogP contribution in [-0.4, -0.2) is 35.1 Å². The normalized spacial score (nSPS) is 20.1. The van der Waals surface area contributed by atoms with E-state index in [4.69, 9.17) is 5.11 Å². The topological polar surface area (TPSA) is 40.5 Å². The Morgan fingerprint density at radius 3 is 2.53 bits per heavy atom. The first kappa shape index (κ1) is 12.5. The van der Waals surface area contributed by atoms with E-state index in [0.29, 0.717) is 6.42 Å². The molecule has 0 aromatic heterocycles. The van der Waals surface area contributed by atoms with Gasteiger partial charge in [0.25, 0.3) is 0 Å². The fraction of sp³-hybridized carbons (Fsp3) is 0.917. The Kier molecular flexibility index (Phi) is 5.69. The maximum atomic E-state index is 10.8. The molecule has 3 heteroatoms. The molecule has 1 aliphatic heterocycles. The first-order valence-corrected chi connectivity index (χ1v) is 6.20. The second-order valence-electron chi connectivity index (χ2n) is 4.49. The highest BCUT2D eigenvalue weighted by atomic mass is 16.4. The van der Waals surface area contributed by atoms with Gasteiger partial charge >= 0.3 is 5.97 Å². The van der Waals surface area contributed by atoms with Gasteiger partial charge in [-0.1, -0.05) is 26.2 Å². The maximum Gasteiger partial charge on any atom is 0.304 e. The molecule has 1 heterocycles. The van der Waals surface area contributed by atoms with Crippen LogP contribution >= 0.6 is 0 Å². The molecule has 1 N–H and O–H groups in total. The molecule has 0 amide bonds. The number of hydrogen-bond donors (Lipinski definition) is 1. The zero-order chi connectivity index (χ0) is 11.1. The molecule has 15 heavy (non-hydrogen) atoms. The molecule has 1 unspecified atom stereocenters. The monoisotopic (exact) mass is 213 g/mol. The third kappa shape index (κ3) is 4.65. The van der Waals surface area contributed by atoms with Gasteiger partial charge in [-0.15, -0.1) is 0 Å². The summed E-state index contributed by atoms with van der Waals surface area (Å²) in [4.78, 5) is 13.2. The number of carboxylic acids is 1. The molecule has 0 radical (unpaired) electrons. The molecule has 1 fully saturated rings. The summed E-state index contributed by atoms with van der Waals surface area (Å²) < 4.78 is 0. The van der Waals surface area contributed by atoms with Crippen molar-refractivity contribution in [2.45, 2.75) is 57.9 Å². The highest BCUT2D eigenvalue weighted by Crippen LogP contribution is 2.18. The summed E-state index contributed by atoms with van der Waals surface area (Å²) in [6.07, 6.45) is 7.45. The van der Waals surface area contributed by atoms with Gasteiger partial charge < -0.3 is 5.11 Å². The Morgan fingerprint density at radius 1 is 1.33 bits per heavy atom. The fourth-order valence-electron chi connectivity index (χ4n) is 2.34. The van der Waals surface area contributed by atoms with Crippen molar-refractivity contribution < 1.29 is 9.90 Å². The van der Waals surface area contributed by atoms with Gasteiger partial charge in [0.1, 0.15) is 0 Å². The van der Waals surface area contributed by atoms with Crippen molar-refractivity contribution in [2.75, 3.05) is 13.1 Å². The molecule has 0 bridgehead atoms. The Morgan fingerprint density at radius 2 is 2.00 bits per heavy atom. The third-order valence-corrected chi connectivity index (χ3v) is 3.21. The lowest BCUT2D eigenvalue weighted by molar-refractivity contribution is -0.138. The summed E-state index contributed by atoms with van der Waals surface area (Å²) in [7, 11) is 0. The molecule has 1 aliphatic rings. The van der Waals surface area contributed by atoms with Crippen LogP contribution in [0.25, 0.3) is 0 Å². The summed E-state index contributed by atoms with van der Waals surface area (Å²) in [5.74, 6) is -0.651. The van der Waals surface area contributed by atoms with E-state index in [1.54, 1.807) is 0 Å². The first-order chi connectivity index (χ1) is 7.24. The second kappa shape index (κ2) is 6.83. The standard InChI is InChI=1S/C12H23NO2/c1-2-3-7-11(10-12(14)15)13-8-5-4-6-9-13/h11H,2-10H2,1H3,(H,14,15). The van der Waals surface area contributed by atoms with Crippen LogP contribution < -0.4 is 0 Å². The van der Waals surface area contributed by atoms with Crippen LogP contribution in [0.15, 0.2) is 0 Å². The molecular weight excluding hydrogens is 190 g/mol. The summed E-state index contributed by atoms with van der Waals surface area (Å²) in [5.41, 5.74) is 0. The number of unbranched alkanes of at least 4 members (excludes halogenated alkanes) is 1. The SMILES string of the molecule is CCCCC(CC(=O)O)N1CCCCC1. The Bertz CT molecular complexity index is 188. The van der Waals surface area contributed by atoms with E-state index in [2.05, 4.69) is 11.8 Å². The third-order valence-electron chi connectivity index (χ3n) is 3.21. The van der Waals surface area contributed by atoms with Crippen molar-refractivity contribution in [1.82, 2.24) is 4.90 Å². The largest absolute Gasteiger partial charge is 0.481 e. The van der Waals surface area contributed by atoms with Crippen molar-refractivity contribution in [3.8, 4) is 0 Å². The average Bonchev–Trinajstić information content (AvgIpc) is 2.25. The predicted octanol–water partition coefficient (Wildman–Crippen LogP) is 2.51. The zero-order valence-corrected chi connectivity index (χ0v) is 9.74. The van der Waals surface area contributed by atoms with Crippen LogP contribution in [-0.2, 0) is 4.79 Å². The lowest BCUT2D eigenvalue weighted by Crippen LogP contribution is -2.40. The fourth-order valence-corrected chi connectivity index (χ4v) is 2.34. The quantitative estimate of drug-likeness (QED) is 0.737. The summed E-state index contributed by atoms with van der Waals surface area (Å²) in [6, 6.07) is 0.280. The molecule has 0 aromatic carbocycles. The van der Waals surface area contributed by atoms with Gasteiger partial charge in [-0.05, 0) is 32.4 Å². The van der Waals surface area contributed by atoms with E-state index in [9.17, 15) is 4.79 Å². The van der Waals surface area contributed by atoms with Crippen LogP contribution in [0.3, 0.4) is 0 Å². The van der Waals surface area contributed by atoms with E-state index < -0.39 is 5.97 Å². The van der Waals surface area contributed by atoms with Gasteiger partial charge in [0, 0.05) is 6.04 Å². The van der Waals surface area contributed by atoms with Crippen LogP contribution in [0.2, 0.25) is 0 Å². The minimum Gasteiger partial charge on any atom is -0.481 e. The molecule has 0 saturated carbocycles. The van der Waals surface area contributed by atoms with Gasteiger partial charge in [-0.3, -0.25) is 9.69 Å². The van der Waals surface area contributed by atoms with E-state index in [-0.39, 0.29) is 6.04 Å². The lowest BCUT2D eigenvalue weighted by Gasteiger charge is -2.33. The van der Waals surface area contributed by atoms with Gasteiger partial charge in [0.15, 0.2) is 0 Å². The predicted molar refractivity (Wildman–Crippen MR) is 61.0 cm³/mol. The van der Waals surface area contributed by atoms with Crippen molar-refractivity contribution in [3.63, 3.8) is 0 Å². The maximum absolute atomic E-state index is 10.8. The van der Waals surface area contributed by atoms with Gasteiger partial charge in [0.05, 0.1) is 6.42 Å². The molecule has 1 rings (SSSR count).